The Balaban J connectivity index is 1.76. The van der Waals surface area contributed by atoms with Crippen molar-refractivity contribution >= 4 is 16.9 Å². The molecule has 3 rings (SSSR count). The van der Waals surface area contributed by atoms with Gasteiger partial charge < -0.3 is 18.3 Å². The Labute approximate surface area is 144 Å². The van der Waals surface area contributed by atoms with Crippen LogP contribution in [0, 0.1) is 5.92 Å². The molecule has 6 nitrogen and oxygen atoms in total. The quantitative estimate of drug-likeness (QED) is 0.637. The Kier molecular flexibility index (Phi) is 4.88. The molecule has 130 valence electrons. The number of hydrogen-bond donors (Lipinski definition) is 0. The number of esters is 1. The first kappa shape index (κ1) is 16.8. The molecule has 0 fully saturated rings. The molecule has 0 radical (unpaired) electrons. The predicted octanol–water partition coefficient (Wildman–Crippen LogP) is 3.63. The van der Waals surface area contributed by atoms with Crippen molar-refractivity contribution in [1.82, 2.24) is 0 Å². The van der Waals surface area contributed by atoms with Crippen LogP contribution in [0.1, 0.15) is 13.8 Å². The molecule has 0 unspecified atom stereocenters. The fourth-order valence-corrected chi connectivity index (χ4v) is 2.21. The molecule has 0 amide bonds. The van der Waals surface area contributed by atoms with Gasteiger partial charge in [-0.25, -0.2) is 4.79 Å². The second kappa shape index (κ2) is 7.25. The van der Waals surface area contributed by atoms with Crippen LogP contribution in [-0.4, -0.2) is 19.2 Å². The Bertz CT molecular complexity index is 921. The average molecular weight is 342 g/mol. The van der Waals surface area contributed by atoms with Crippen LogP contribution in [0.4, 0.5) is 0 Å². The normalized spacial score (nSPS) is 11.0. The zero-order chi connectivity index (χ0) is 17.8. The third kappa shape index (κ3) is 4.09. The van der Waals surface area contributed by atoms with Crippen molar-refractivity contribution < 1.29 is 23.1 Å². The number of furan rings is 1. The van der Waals surface area contributed by atoms with Crippen molar-refractivity contribution in [3.63, 3.8) is 0 Å². The zero-order valence-corrected chi connectivity index (χ0v) is 14.0. The van der Waals surface area contributed by atoms with E-state index in [-0.39, 0.29) is 18.0 Å². The molecule has 0 aliphatic rings. The second-order valence-corrected chi connectivity index (χ2v) is 5.98. The molecule has 1 aromatic carbocycles. The first-order valence-corrected chi connectivity index (χ1v) is 7.93. The van der Waals surface area contributed by atoms with Crippen LogP contribution < -0.4 is 10.2 Å². The highest BCUT2D eigenvalue weighted by atomic mass is 16.6. The molecule has 0 N–H and O–H groups in total. The molecule has 0 spiro atoms. The van der Waals surface area contributed by atoms with Gasteiger partial charge in [-0.15, -0.1) is 0 Å². The maximum atomic E-state index is 12.3. The molecule has 25 heavy (non-hydrogen) atoms. The summed E-state index contributed by atoms with van der Waals surface area (Å²) in [5.41, 5.74) is 0.189. The van der Waals surface area contributed by atoms with Crippen molar-refractivity contribution in [2.75, 3.05) is 13.2 Å². The maximum Gasteiger partial charge on any atom is 0.344 e. The molecule has 0 bridgehead atoms. The molecule has 2 heterocycles. The summed E-state index contributed by atoms with van der Waals surface area (Å²) in [7, 11) is 0. The standard InChI is InChI=1S/C19H18O6/c1-12(2)10-24-19(21)11-23-13-5-6-16-14(8-13)15(20)9-18(25-16)17-4-3-7-22-17/h3-9,12H,10-11H2,1-2H3. The van der Waals surface area contributed by atoms with Crippen molar-refractivity contribution in [3.8, 4) is 17.3 Å². The van der Waals surface area contributed by atoms with E-state index >= 15 is 0 Å². The highest BCUT2D eigenvalue weighted by molar-refractivity contribution is 5.80. The van der Waals surface area contributed by atoms with Crippen molar-refractivity contribution in [2.45, 2.75) is 13.8 Å². The first-order chi connectivity index (χ1) is 12.0. The van der Waals surface area contributed by atoms with E-state index < -0.39 is 5.97 Å². The van der Waals surface area contributed by atoms with Gasteiger partial charge in [-0.05, 0) is 36.2 Å². The summed E-state index contributed by atoms with van der Waals surface area (Å²) in [6, 6.07) is 9.59. The third-order valence-electron chi connectivity index (χ3n) is 3.40. The van der Waals surface area contributed by atoms with E-state index in [1.807, 2.05) is 13.8 Å². The van der Waals surface area contributed by atoms with Crippen LogP contribution in [-0.2, 0) is 9.53 Å². The van der Waals surface area contributed by atoms with Crippen LogP contribution in [0.25, 0.3) is 22.5 Å². The summed E-state index contributed by atoms with van der Waals surface area (Å²) < 4.78 is 21.4. The van der Waals surface area contributed by atoms with Gasteiger partial charge in [0.1, 0.15) is 11.3 Å². The molecular weight excluding hydrogens is 324 g/mol. The Morgan fingerprint density at radius 1 is 1.16 bits per heavy atom. The van der Waals surface area contributed by atoms with Crippen molar-refractivity contribution in [2.24, 2.45) is 5.92 Å². The molecular formula is C19H18O6. The first-order valence-electron chi connectivity index (χ1n) is 7.93. The van der Waals surface area contributed by atoms with Gasteiger partial charge >= 0.3 is 5.97 Å². The minimum Gasteiger partial charge on any atom is -0.482 e. The minimum atomic E-state index is -0.450. The molecule has 2 aromatic heterocycles. The number of hydrogen-bond acceptors (Lipinski definition) is 6. The number of ether oxygens (including phenoxy) is 2. The van der Waals surface area contributed by atoms with Crippen LogP contribution in [0.15, 0.2) is 56.3 Å². The van der Waals surface area contributed by atoms with Crippen molar-refractivity contribution in [3.05, 3.63) is 52.9 Å². The van der Waals surface area contributed by atoms with Gasteiger partial charge in [-0.1, -0.05) is 13.8 Å². The largest absolute Gasteiger partial charge is 0.482 e. The van der Waals surface area contributed by atoms with Gasteiger partial charge in [-0.2, -0.15) is 0 Å². The van der Waals surface area contributed by atoms with E-state index in [4.69, 9.17) is 18.3 Å². The minimum absolute atomic E-state index is 0.214. The highest BCUT2D eigenvalue weighted by Gasteiger charge is 2.11. The van der Waals surface area contributed by atoms with Crippen molar-refractivity contribution in [1.29, 1.82) is 0 Å². The number of benzene rings is 1. The van der Waals surface area contributed by atoms with Gasteiger partial charge in [0.25, 0.3) is 0 Å². The van der Waals surface area contributed by atoms with E-state index in [0.29, 0.717) is 34.8 Å². The molecule has 6 heteroatoms. The fourth-order valence-electron chi connectivity index (χ4n) is 2.21. The number of rotatable bonds is 6. The maximum absolute atomic E-state index is 12.3. The molecule has 0 atom stereocenters. The third-order valence-corrected chi connectivity index (χ3v) is 3.40. The Morgan fingerprint density at radius 2 is 2.00 bits per heavy atom. The summed E-state index contributed by atoms with van der Waals surface area (Å²) in [5, 5.41) is 0.364. The number of fused-ring (bicyclic) bond motifs is 1. The predicted molar refractivity (Wildman–Crippen MR) is 91.5 cm³/mol. The smallest absolute Gasteiger partial charge is 0.344 e. The molecule has 3 aromatic rings. The zero-order valence-electron chi connectivity index (χ0n) is 14.0. The Hall–Kier alpha value is -3.02. The van der Waals surface area contributed by atoms with Gasteiger partial charge in [0.05, 0.1) is 18.3 Å². The summed E-state index contributed by atoms with van der Waals surface area (Å²) in [4.78, 5) is 23.9. The van der Waals surface area contributed by atoms with Gasteiger partial charge in [0.15, 0.2) is 23.6 Å². The topological polar surface area (TPSA) is 78.9 Å². The average Bonchev–Trinajstić information content (AvgIpc) is 3.13. The number of carbonyl (C=O) groups is 1. The Morgan fingerprint density at radius 3 is 2.72 bits per heavy atom. The lowest BCUT2D eigenvalue weighted by Gasteiger charge is -2.09. The van der Waals surface area contributed by atoms with E-state index in [0.717, 1.165) is 0 Å². The fraction of sp³-hybridized carbons (Fsp3) is 0.263. The monoisotopic (exact) mass is 342 g/mol. The lowest BCUT2D eigenvalue weighted by Crippen LogP contribution is -2.17. The molecule has 0 aliphatic heterocycles. The summed E-state index contributed by atoms with van der Waals surface area (Å²) in [6.07, 6.45) is 1.51. The van der Waals surface area contributed by atoms with Crippen LogP contribution in [0.5, 0.6) is 5.75 Å². The number of carbonyl (C=O) groups excluding carboxylic acids is 1. The lowest BCUT2D eigenvalue weighted by molar-refractivity contribution is -0.147. The van der Waals surface area contributed by atoms with E-state index in [2.05, 4.69) is 0 Å². The van der Waals surface area contributed by atoms with Crippen LogP contribution >= 0.6 is 0 Å². The molecule has 0 saturated carbocycles. The lowest BCUT2D eigenvalue weighted by atomic mass is 10.2. The second-order valence-electron chi connectivity index (χ2n) is 5.98. The summed E-state index contributed by atoms with van der Waals surface area (Å²) in [5.74, 6) is 1.04. The van der Waals surface area contributed by atoms with E-state index in [1.165, 1.54) is 12.3 Å². The summed E-state index contributed by atoms with van der Waals surface area (Å²) in [6.45, 7) is 4.04. The SMILES string of the molecule is CC(C)COC(=O)COc1ccc2oc(-c3ccco3)cc(=O)c2c1. The van der Waals surface area contributed by atoms with Crippen LogP contribution in [0.3, 0.4) is 0 Å². The highest BCUT2D eigenvalue weighted by Crippen LogP contribution is 2.24. The molecule has 0 aliphatic carbocycles. The molecule has 0 saturated heterocycles. The van der Waals surface area contributed by atoms with Gasteiger partial charge in [0, 0.05) is 6.07 Å². The van der Waals surface area contributed by atoms with Crippen LogP contribution in [0.2, 0.25) is 0 Å². The summed E-state index contributed by atoms with van der Waals surface area (Å²) >= 11 is 0. The van der Waals surface area contributed by atoms with E-state index in [9.17, 15) is 9.59 Å². The van der Waals surface area contributed by atoms with Gasteiger partial charge in [-0.3, -0.25) is 4.79 Å². The van der Waals surface area contributed by atoms with Gasteiger partial charge in [0.2, 0.25) is 0 Å². The van der Waals surface area contributed by atoms with E-state index in [1.54, 1.807) is 30.3 Å².